The van der Waals surface area contributed by atoms with Crippen molar-refractivity contribution in [1.29, 1.82) is 0 Å². The number of anilines is 1. The number of nitrogens with one attached hydrogen (secondary N) is 2. The van der Waals surface area contributed by atoms with E-state index >= 15 is 0 Å². The number of carbonyl (C=O) groups is 1. The Morgan fingerprint density at radius 3 is 2.71 bits per heavy atom. The lowest BCUT2D eigenvalue weighted by molar-refractivity contribution is -0.119. The number of rotatable bonds is 6. The highest BCUT2D eigenvalue weighted by Gasteiger charge is 2.63. The van der Waals surface area contributed by atoms with Gasteiger partial charge in [0.1, 0.15) is 0 Å². The summed E-state index contributed by atoms with van der Waals surface area (Å²) < 4.78 is 26.1. The van der Waals surface area contributed by atoms with Crippen molar-refractivity contribution in [2.45, 2.75) is 48.8 Å². The summed E-state index contributed by atoms with van der Waals surface area (Å²) in [6.07, 6.45) is 8.25. The van der Waals surface area contributed by atoms with Crippen molar-refractivity contribution in [3.05, 3.63) is 41.4 Å². The minimum atomic E-state index is -3.80. The van der Waals surface area contributed by atoms with E-state index < -0.39 is 15.4 Å². The maximum Gasteiger partial charge on any atom is 0.253 e. The molecule has 0 spiro atoms. The van der Waals surface area contributed by atoms with Gasteiger partial charge in [0.2, 0.25) is 5.91 Å². The highest BCUT2D eigenvalue weighted by atomic mass is 35.5. The number of hydrogen-bond donors (Lipinski definition) is 2. The van der Waals surface area contributed by atoms with Crippen LogP contribution >= 0.6 is 23.1 Å². The molecule has 2 unspecified atom stereocenters. The minimum absolute atomic E-state index is 0.0655. The van der Waals surface area contributed by atoms with Crippen molar-refractivity contribution in [1.82, 2.24) is 9.23 Å². The fourth-order valence-corrected chi connectivity index (χ4v) is 6.02. The molecule has 9 heteroatoms. The Morgan fingerprint density at radius 1 is 1.25 bits per heavy atom. The van der Waals surface area contributed by atoms with Gasteiger partial charge in [-0.05, 0) is 47.7 Å². The summed E-state index contributed by atoms with van der Waals surface area (Å²) in [5.41, 5.74) is 0.0102. The Bertz CT molecular complexity index is 959. The molecule has 1 amide bonds. The third kappa shape index (κ3) is 3.58. The predicted molar refractivity (Wildman–Crippen MR) is 110 cm³/mol. The van der Waals surface area contributed by atoms with Crippen LogP contribution in [0.1, 0.15) is 44.1 Å². The van der Waals surface area contributed by atoms with Gasteiger partial charge in [-0.1, -0.05) is 44.2 Å². The Morgan fingerprint density at radius 2 is 2.04 bits per heavy atom. The van der Waals surface area contributed by atoms with Crippen LogP contribution in [-0.4, -0.2) is 19.3 Å². The van der Waals surface area contributed by atoms with E-state index in [0.29, 0.717) is 11.0 Å². The first-order valence-electron chi connectivity index (χ1n) is 9.41. The molecule has 1 aromatic heterocycles. The number of nitrogens with zero attached hydrogens (tertiary/aromatic N) is 1. The summed E-state index contributed by atoms with van der Waals surface area (Å²) in [5, 5.41) is 5.31. The van der Waals surface area contributed by atoms with Crippen LogP contribution in [0.4, 0.5) is 5.13 Å². The topological polar surface area (TPSA) is 88.2 Å². The number of aromatic nitrogens is 1. The molecule has 2 atom stereocenters. The summed E-state index contributed by atoms with van der Waals surface area (Å²) in [6, 6.07) is 6.58. The second-order valence-corrected chi connectivity index (χ2v) is 10.6. The van der Waals surface area contributed by atoms with Gasteiger partial charge in [-0.2, -0.15) is 0 Å². The molecular formula is C19H22ClN3O3S2. The Hall–Kier alpha value is -1.48. The van der Waals surface area contributed by atoms with Crippen molar-refractivity contribution in [2.24, 2.45) is 11.8 Å². The second kappa shape index (κ2) is 7.74. The molecule has 0 radical (unpaired) electrons. The van der Waals surface area contributed by atoms with Crippen LogP contribution in [0.15, 0.2) is 40.7 Å². The van der Waals surface area contributed by atoms with Gasteiger partial charge < -0.3 is 5.32 Å². The zero-order chi connectivity index (χ0) is 19.8. The molecule has 2 aliphatic carbocycles. The van der Waals surface area contributed by atoms with Crippen LogP contribution in [0.2, 0.25) is 0 Å². The third-order valence-corrected chi connectivity index (χ3v) is 8.43. The van der Waals surface area contributed by atoms with Crippen LogP contribution in [0.5, 0.6) is 0 Å². The van der Waals surface area contributed by atoms with Crippen molar-refractivity contribution in [3.63, 3.8) is 0 Å². The van der Waals surface area contributed by atoms with Crippen molar-refractivity contribution in [2.75, 3.05) is 5.32 Å². The Labute approximate surface area is 173 Å². The molecule has 2 fully saturated rings. The van der Waals surface area contributed by atoms with Gasteiger partial charge in [0.15, 0.2) is 5.13 Å². The lowest BCUT2D eigenvalue weighted by Crippen LogP contribution is -2.32. The standard InChI is InChI=1S/C19H22ClN3O3S2/c20-23-28(25,26)15-8-4-7-14(11-15)19(17(24)22-18-21-9-10-27-18)12-16(19)13-5-2-1-3-6-13/h4,7-11,13,16,23H,1-3,5-6,12H2,(H,21,22,24). The average molecular weight is 440 g/mol. The smallest absolute Gasteiger partial charge is 0.253 e. The first-order valence-corrected chi connectivity index (χ1v) is 12.2. The number of carbonyl (C=O) groups excluding carboxylic acids is 1. The lowest BCUT2D eigenvalue weighted by atomic mass is 9.80. The number of sulfonamides is 1. The maximum absolute atomic E-state index is 13.3. The van der Waals surface area contributed by atoms with Crippen LogP contribution in [0.25, 0.3) is 0 Å². The van der Waals surface area contributed by atoms with Crippen LogP contribution in [0.3, 0.4) is 0 Å². The third-order valence-electron chi connectivity index (χ3n) is 6.05. The van der Waals surface area contributed by atoms with E-state index in [2.05, 4.69) is 10.3 Å². The van der Waals surface area contributed by atoms with Crippen molar-refractivity contribution in [3.8, 4) is 0 Å². The Kier molecular flexibility index (Phi) is 5.48. The average Bonchev–Trinajstić information content (AvgIpc) is 3.30. The largest absolute Gasteiger partial charge is 0.301 e. The van der Waals surface area contributed by atoms with E-state index in [4.69, 9.17) is 11.8 Å². The molecule has 28 heavy (non-hydrogen) atoms. The van der Waals surface area contributed by atoms with Gasteiger partial charge in [0.25, 0.3) is 10.0 Å². The molecule has 6 nitrogen and oxygen atoms in total. The van der Waals surface area contributed by atoms with Crippen LogP contribution in [0, 0.1) is 11.8 Å². The maximum atomic E-state index is 13.3. The summed E-state index contributed by atoms with van der Waals surface area (Å²) in [7, 11) is -3.80. The predicted octanol–water partition coefficient (Wildman–Crippen LogP) is 4.05. The molecule has 1 aromatic carbocycles. The monoisotopic (exact) mass is 439 g/mol. The van der Waals surface area contributed by atoms with E-state index in [-0.39, 0.29) is 16.7 Å². The zero-order valence-corrected chi connectivity index (χ0v) is 17.6. The molecule has 0 saturated heterocycles. The molecule has 0 aliphatic heterocycles. The van der Waals surface area contributed by atoms with Gasteiger partial charge in [-0.25, -0.2) is 13.4 Å². The SMILES string of the molecule is O=C(Nc1nccs1)C1(c2cccc(S(=O)(=O)NCl)c2)CC1C1CCCCC1. The van der Waals surface area contributed by atoms with Gasteiger partial charge in [-0.15, -0.1) is 15.6 Å². The van der Waals surface area contributed by atoms with E-state index in [1.54, 1.807) is 18.3 Å². The summed E-state index contributed by atoms with van der Waals surface area (Å²) in [4.78, 5) is 17.6. The molecule has 0 bridgehead atoms. The first kappa shape index (κ1) is 19.8. The zero-order valence-electron chi connectivity index (χ0n) is 15.2. The molecule has 1 heterocycles. The van der Waals surface area contributed by atoms with Gasteiger partial charge in [0, 0.05) is 11.6 Å². The minimum Gasteiger partial charge on any atom is -0.301 e. The van der Waals surface area contributed by atoms with Gasteiger partial charge >= 0.3 is 0 Å². The van der Waals surface area contributed by atoms with Crippen LogP contribution in [-0.2, 0) is 20.2 Å². The van der Waals surface area contributed by atoms with E-state index in [0.717, 1.165) is 24.8 Å². The fraction of sp³-hybridized carbons (Fsp3) is 0.474. The number of benzene rings is 1. The molecule has 2 saturated carbocycles. The van der Waals surface area contributed by atoms with Gasteiger partial charge in [0.05, 0.1) is 10.3 Å². The molecule has 4 rings (SSSR count). The normalized spacial score (nSPS) is 25.4. The summed E-state index contributed by atoms with van der Waals surface area (Å²) >= 11 is 6.77. The molecule has 2 aromatic rings. The number of amides is 1. The van der Waals surface area contributed by atoms with E-state index in [9.17, 15) is 13.2 Å². The molecule has 2 N–H and O–H groups in total. The number of halogens is 1. The Balaban J connectivity index is 1.70. The molecular weight excluding hydrogens is 418 g/mol. The quantitative estimate of drug-likeness (QED) is 0.664. The molecule has 150 valence electrons. The molecule has 2 aliphatic rings. The highest BCUT2D eigenvalue weighted by Crippen LogP contribution is 2.61. The van der Waals surface area contributed by atoms with Crippen LogP contribution < -0.4 is 9.56 Å². The summed E-state index contributed by atoms with van der Waals surface area (Å²) in [6.45, 7) is 0. The highest BCUT2D eigenvalue weighted by molar-refractivity contribution is 7.90. The van der Waals surface area contributed by atoms with Gasteiger partial charge in [-0.3, -0.25) is 4.79 Å². The number of thiazole rings is 1. The lowest BCUT2D eigenvalue weighted by Gasteiger charge is -2.25. The van der Waals surface area contributed by atoms with Crippen molar-refractivity contribution < 1.29 is 13.2 Å². The van der Waals surface area contributed by atoms with Crippen molar-refractivity contribution >= 4 is 44.2 Å². The second-order valence-electron chi connectivity index (χ2n) is 7.58. The first-order chi connectivity index (χ1) is 13.5. The van der Waals surface area contributed by atoms with E-state index in [1.807, 2.05) is 15.7 Å². The fourth-order valence-electron chi connectivity index (χ4n) is 4.60. The van der Waals surface area contributed by atoms with E-state index in [1.165, 1.54) is 36.7 Å². The number of hydrogen-bond acceptors (Lipinski definition) is 5. The summed E-state index contributed by atoms with van der Waals surface area (Å²) in [5.74, 6) is 0.600.